The number of ether oxygens (including phenoxy) is 1. The van der Waals surface area contributed by atoms with Crippen LogP contribution in [-0.2, 0) is 28.8 Å². The predicted octanol–water partition coefficient (Wildman–Crippen LogP) is 2.50. The molecular weight excluding hydrogens is 462 g/mol. The number of carbonyl (C=O) groups excluding carboxylic acids is 3. The first-order chi connectivity index (χ1) is 16.5. The second kappa shape index (κ2) is 12.1. The van der Waals surface area contributed by atoms with E-state index in [4.69, 9.17) is 15.4 Å². The van der Waals surface area contributed by atoms with Crippen LogP contribution in [-0.4, -0.2) is 64.1 Å². The Morgan fingerprint density at radius 3 is 2.49 bits per heavy atom. The number of imide groups is 1. The number of nitrogens with two attached hydrogens (primary N) is 1. The molecule has 0 saturated heterocycles. The fourth-order valence-corrected chi connectivity index (χ4v) is 3.49. The summed E-state index contributed by atoms with van der Waals surface area (Å²) in [5.41, 5.74) is -1.03. The van der Waals surface area contributed by atoms with Crippen LogP contribution >= 0.6 is 0 Å². The van der Waals surface area contributed by atoms with E-state index in [-0.39, 0.29) is 13.0 Å². The van der Waals surface area contributed by atoms with Gasteiger partial charge in [-0.05, 0) is 24.8 Å². The molecule has 1 aliphatic heterocycles. The zero-order valence-corrected chi connectivity index (χ0v) is 19.9. The van der Waals surface area contributed by atoms with Crippen molar-refractivity contribution in [2.24, 2.45) is 21.4 Å². The molecule has 13 nitrogen and oxygen atoms in total. The summed E-state index contributed by atoms with van der Waals surface area (Å²) in [6.07, 6.45) is -0.856. The molecule has 3 atom stereocenters. The average Bonchev–Trinajstić information content (AvgIpc) is 3.32. The van der Waals surface area contributed by atoms with E-state index in [1.165, 1.54) is 13.8 Å². The van der Waals surface area contributed by atoms with Gasteiger partial charge in [-0.2, -0.15) is 15.8 Å². The number of oxime groups is 1. The summed E-state index contributed by atoms with van der Waals surface area (Å²) < 4.78 is 3.55. The summed E-state index contributed by atoms with van der Waals surface area (Å²) in [4.78, 5) is 58.3. The third-order valence-corrected chi connectivity index (χ3v) is 5.71. The first-order valence-corrected chi connectivity index (χ1v) is 11.0. The van der Waals surface area contributed by atoms with E-state index in [1.54, 1.807) is 24.3 Å². The maximum Gasteiger partial charge on any atom is 0.544 e. The molecule has 2 unspecified atom stereocenters. The van der Waals surface area contributed by atoms with Gasteiger partial charge in [0.15, 0.2) is 0 Å². The van der Waals surface area contributed by atoms with Gasteiger partial charge < -0.3 is 19.5 Å². The number of hydrogen-bond acceptors (Lipinski definition) is 11. The zero-order valence-electron chi connectivity index (χ0n) is 19.9. The van der Waals surface area contributed by atoms with Crippen molar-refractivity contribution in [2.75, 3.05) is 13.2 Å². The van der Waals surface area contributed by atoms with Crippen molar-refractivity contribution >= 4 is 29.7 Å². The molecule has 1 aromatic rings. The van der Waals surface area contributed by atoms with Crippen molar-refractivity contribution in [1.82, 2.24) is 0 Å². The monoisotopic (exact) mass is 492 g/mol. The predicted molar refractivity (Wildman–Crippen MR) is 120 cm³/mol. The Morgan fingerprint density at radius 1 is 1.20 bits per heavy atom. The zero-order chi connectivity index (χ0) is 26.1. The van der Waals surface area contributed by atoms with E-state index in [0.29, 0.717) is 31.5 Å². The molecule has 0 aliphatic carbocycles. The van der Waals surface area contributed by atoms with Gasteiger partial charge in [0, 0.05) is 25.5 Å². The highest BCUT2D eigenvalue weighted by Gasteiger charge is 2.68. The summed E-state index contributed by atoms with van der Waals surface area (Å²) in [5.74, 6) is 3.16. The van der Waals surface area contributed by atoms with Gasteiger partial charge in [0.25, 0.3) is 5.54 Å². The van der Waals surface area contributed by atoms with Gasteiger partial charge in [-0.1, -0.05) is 40.1 Å². The number of rotatable bonds is 11. The van der Waals surface area contributed by atoms with E-state index in [0.717, 1.165) is 12.5 Å². The molecule has 0 bridgehead atoms. The highest BCUT2D eigenvalue weighted by molar-refractivity contribution is 6.02. The van der Waals surface area contributed by atoms with E-state index in [9.17, 15) is 24.3 Å². The smallest absolute Gasteiger partial charge is 0.476 e. The summed E-state index contributed by atoms with van der Waals surface area (Å²) >= 11 is 0. The Labute approximate surface area is 202 Å². The Kier molecular flexibility index (Phi) is 9.54. The third-order valence-electron chi connectivity index (χ3n) is 5.71. The molecule has 0 fully saturated rings. The minimum Gasteiger partial charge on any atom is -0.476 e. The van der Waals surface area contributed by atoms with E-state index in [2.05, 4.69) is 20.4 Å². The average molecular weight is 493 g/mol. The lowest BCUT2D eigenvalue weighted by Gasteiger charge is -2.40. The molecule has 0 radical (unpaired) electrons. The molecule has 0 saturated carbocycles. The van der Waals surface area contributed by atoms with Gasteiger partial charge in [0.1, 0.15) is 0 Å². The molecule has 3 N–H and O–H groups in total. The van der Waals surface area contributed by atoms with Gasteiger partial charge in [0.2, 0.25) is 6.10 Å². The standard InChI is InChI=1S/C22H29N5O8/c1-15(28)27(23,21(32)33-13-9-5-8-12-24-26-34-16(2)29)22(3,20(30)31)19-14-18(25-35-19)17-10-6-4-7-11-17/h4,6-7,10-11,19H,5,8-9,12-14,23H2,1-3H3/p+1/t19?,22-,27?/m1/s1. The highest BCUT2D eigenvalue weighted by Crippen LogP contribution is 2.34. The molecule has 2 amide bonds. The molecule has 1 aliphatic rings. The number of benzene rings is 1. The molecule has 35 heavy (non-hydrogen) atoms. The number of nitrogens with zero attached hydrogens (tertiary/aromatic N) is 4. The van der Waals surface area contributed by atoms with Crippen LogP contribution in [0.5, 0.6) is 0 Å². The second-order valence-corrected chi connectivity index (χ2v) is 8.10. The largest absolute Gasteiger partial charge is 0.544 e. The minimum atomic E-state index is -2.22. The number of carboxylic acid groups (broad SMARTS) is 1. The molecular formula is C22H30N5O8+. The van der Waals surface area contributed by atoms with Crippen LogP contribution in [0.3, 0.4) is 0 Å². The van der Waals surface area contributed by atoms with Crippen molar-refractivity contribution in [3.63, 3.8) is 0 Å². The van der Waals surface area contributed by atoms with Crippen LogP contribution in [0.25, 0.3) is 0 Å². The number of quaternary nitrogens is 1. The minimum absolute atomic E-state index is 0.0203. The lowest BCUT2D eigenvalue weighted by atomic mass is 9.87. The Bertz CT molecular complexity index is 999. The first-order valence-electron chi connectivity index (χ1n) is 11.0. The van der Waals surface area contributed by atoms with E-state index >= 15 is 0 Å². The van der Waals surface area contributed by atoms with Crippen LogP contribution in [0.15, 0.2) is 45.9 Å². The van der Waals surface area contributed by atoms with Crippen molar-refractivity contribution in [3.8, 4) is 0 Å². The van der Waals surface area contributed by atoms with Gasteiger partial charge in [0.05, 0.1) is 25.8 Å². The quantitative estimate of drug-likeness (QED) is 0.117. The third kappa shape index (κ3) is 6.25. The molecule has 0 aromatic heterocycles. The summed E-state index contributed by atoms with van der Waals surface area (Å²) in [6, 6.07) is 8.97. The van der Waals surface area contributed by atoms with Crippen molar-refractivity contribution in [2.45, 2.75) is 58.1 Å². The van der Waals surface area contributed by atoms with Crippen LogP contribution in [0.4, 0.5) is 4.79 Å². The Balaban J connectivity index is 2.04. The van der Waals surface area contributed by atoms with Crippen molar-refractivity contribution in [3.05, 3.63) is 35.9 Å². The van der Waals surface area contributed by atoms with Gasteiger partial charge in [-0.25, -0.2) is 14.4 Å². The van der Waals surface area contributed by atoms with Crippen LogP contribution in [0.1, 0.15) is 52.0 Å². The van der Waals surface area contributed by atoms with Gasteiger partial charge in [-0.15, -0.1) is 0 Å². The molecule has 0 spiro atoms. The number of unbranched alkanes of at least 4 members (excludes halogenated alkanes) is 2. The second-order valence-electron chi connectivity index (χ2n) is 8.10. The number of aliphatic carboxylic acids is 1. The first kappa shape index (κ1) is 27.5. The fraction of sp³-hybridized carbons (Fsp3) is 0.500. The van der Waals surface area contributed by atoms with Crippen LogP contribution in [0.2, 0.25) is 0 Å². The maximum absolute atomic E-state index is 13.0. The topological polar surface area (TPSA) is 179 Å². The molecule has 2 rings (SSSR count). The van der Waals surface area contributed by atoms with Gasteiger partial charge >= 0.3 is 23.9 Å². The molecule has 190 valence electrons. The summed E-state index contributed by atoms with van der Waals surface area (Å²) in [6.45, 7) is 3.58. The van der Waals surface area contributed by atoms with Crippen molar-refractivity contribution in [1.29, 1.82) is 0 Å². The lowest BCUT2D eigenvalue weighted by molar-refractivity contribution is -0.842. The van der Waals surface area contributed by atoms with Gasteiger partial charge in [-0.3, -0.25) is 0 Å². The number of carbonyl (C=O) groups is 4. The number of carboxylic acids is 1. The summed E-state index contributed by atoms with van der Waals surface area (Å²) in [7, 11) is 0. The van der Waals surface area contributed by atoms with Crippen molar-refractivity contribution < 1.29 is 43.3 Å². The Hall–Kier alpha value is -3.71. The van der Waals surface area contributed by atoms with Crippen LogP contribution in [0, 0.1) is 0 Å². The molecule has 1 aromatic carbocycles. The van der Waals surface area contributed by atoms with E-state index in [1.807, 2.05) is 6.07 Å². The molecule has 1 heterocycles. The SMILES string of the molecule is CC(=O)ON=NCCCCCOC(=O)[N+](N)(C(C)=O)[C@@](C)(C(=O)O)C1CC(c2ccccc2)=NO1. The van der Waals surface area contributed by atoms with E-state index < -0.39 is 40.2 Å². The number of amides is 2. The van der Waals surface area contributed by atoms with Crippen LogP contribution < -0.4 is 5.84 Å². The number of hydrogen-bond donors (Lipinski definition) is 2. The normalized spacial score (nSPS) is 18.6. The Morgan fingerprint density at radius 2 is 1.89 bits per heavy atom. The molecule has 13 heteroatoms. The highest BCUT2D eigenvalue weighted by atomic mass is 16.7. The fourth-order valence-electron chi connectivity index (χ4n) is 3.49. The lowest BCUT2D eigenvalue weighted by Crippen LogP contribution is -2.79. The summed E-state index contributed by atoms with van der Waals surface area (Å²) in [5, 5.41) is 20.9. The maximum atomic E-state index is 13.0.